The maximum atomic E-state index is 12.9. The maximum Gasteiger partial charge on any atom is 0.222 e. The molecular formula is C20H30N6OS. The molecule has 0 spiro atoms. The Hall–Kier alpha value is -1.83. The Kier molecular flexibility index (Phi) is 5.75. The summed E-state index contributed by atoms with van der Waals surface area (Å²) in [6.45, 7) is 4.31. The van der Waals surface area contributed by atoms with Gasteiger partial charge < -0.3 is 9.47 Å². The maximum absolute atomic E-state index is 12.9. The van der Waals surface area contributed by atoms with Crippen LogP contribution in [0.1, 0.15) is 56.7 Å². The second-order valence-electron chi connectivity index (χ2n) is 7.91. The van der Waals surface area contributed by atoms with Crippen LogP contribution in [0.4, 0.5) is 0 Å². The van der Waals surface area contributed by atoms with Crippen LogP contribution in [-0.2, 0) is 31.4 Å². The van der Waals surface area contributed by atoms with Crippen LogP contribution < -0.4 is 0 Å². The second kappa shape index (κ2) is 8.27. The van der Waals surface area contributed by atoms with Gasteiger partial charge in [0.2, 0.25) is 5.91 Å². The first kappa shape index (κ1) is 19.5. The van der Waals surface area contributed by atoms with Gasteiger partial charge in [-0.25, -0.2) is 0 Å². The summed E-state index contributed by atoms with van der Waals surface area (Å²) in [5.74, 6) is 1.85. The van der Waals surface area contributed by atoms with Gasteiger partial charge in [0.05, 0.1) is 0 Å². The lowest BCUT2D eigenvalue weighted by atomic mass is 10.00. The van der Waals surface area contributed by atoms with E-state index in [0.717, 1.165) is 54.1 Å². The number of hydrogen-bond acceptors (Lipinski definition) is 5. The molecule has 2 aromatic heterocycles. The molecule has 3 heterocycles. The SMILES string of the molecule is CCn1c(SC)nnc1-c1nn(C)c2c1CN(C(=O)CCC1CCCC1)CC2. The zero-order valence-electron chi connectivity index (χ0n) is 17.1. The van der Waals surface area contributed by atoms with Crippen LogP contribution in [-0.4, -0.2) is 48.2 Å². The van der Waals surface area contributed by atoms with Crippen molar-refractivity contribution in [3.05, 3.63) is 11.3 Å². The van der Waals surface area contributed by atoms with Crippen molar-refractivity contribution < 1.29 is 4.79 Å². The van der Waals surface area contributed by atoms with Gasteiger partial charge in [0.1, 0.15) is 5.69 Å². The van der Waals surface area contributed by atoms with E-state index in [-0.39, 0.29) is 5.91 Å². The van der Waals surface area contributed by atoms with E-state index < -0.39 is 0 Å². The molecule has 1 fully saturated rings. The van der Waals surface area contributed by atoms with Gasteiger partial charge in [-0.05, 0) is 25.5 Å². The summed E-state index contributed by atoms with van der Waals surface area (Å²) in [5.41, 5.74) is 3.23. The molecule has 28 heavy (non-hydrogen) atoms. The van der Waals surface area contributed by atoms with Gasteiger partial charge in [0.25, 0.3) is 0 Å². The molecule has 152 valence electrons. The molecule has 0 saturated heterocycles. The van der Waals surface area contributed by atoms with Crippen molar-refractivity contribution in [1.82, 2.24) is 29.4 Å². The van der Waals surface area contributed by atoms with Crippen molar-refractivity contribution in [1.29, 1.82) is 0 Å². The lowest BCUT2D eigenvalue weighted by molar-refractivity contribution is -0.132. The van der Waals surface area contributed by atoms with Gasteiger partial charge in [-0.2, -0.15) is 5.10 Å². The average molecular weight is 403 g/mol. The zero-order valence-corrected chi connectivity index (χ0v) is 18.0. The molecule has 0 bridgehead atoms. The van der Waals surface area contributed by atoms with E-state index in [9.17, 15) is 4.79 Å². The van der Waals surface area contributed by atoms with E-state index in [0.29, 0.717) is 13.0 Å². The molecule has 0 N–H and O–H groups in total. The Balaban J connectivity index is 1.54. The first-order chi connectivity index (χ1) is 13.6. The van der Waals surface area contributed by atoms with Crippen molar-refractivity contribution in [2.24, 2.45) is 13.0 Å². The highest BCUT2D eigenvalue weighted by Crippen LogP contribution is 2.32. The normalized spacial score (nSPS) is 17.3. The fraction of sp³-hybridized carbons (Fsp3) is 0.700. The Bertz CT molecular complexity index is 851. The lowest BCUT2D eigenvalue weighted by Crippen LogP contribution is -2.36. The molecule has 4 rings (SSSR count). The largest absolute Gasteiger partial charge is 0.338 e. The number of carbonyl (C=O) groups is 1. The Morgan fingerprint density at radius 1 is 1.25 bits per heavy atom. The number of aryl methyl sites for hydroxylation is 1. The molecule has 8 heteroatoms. The first-order valence-corrected chi connectivity index (χ1v) is 11.6. The molecule has 2 aliphatic rings. The van der Waals surface area contributed by atoms with Gasteiger partial charge in [0.15, 0.2) is 11.0 Å². The molecule has 1 aliphatic carbocycles. The van der Waals surface area contributed by atoms with E-state index in [4.69, 9.17) is 5.10 Å². The van der Waals surface area contributed by atoms with Gasteiger partial charge >= 0.3 is 0 Å². The number of carbonyl (C=O) groups excluding carboxylic acids is 1. The molecule has 0 atom stereocenters. The van der Waals surface area contributed by atoms with Crippen LogP contribution in [0.15, 0.2) is 5.16 Å². The highest BCUT2D eigenvalue weighted by atomic mass is 32.2. The monoisotopic (exact) mass is 402 g/mol. The van der Waals surface area contributed by atoms with E-state index in [1.165, 1.54) is 31.4 Å². The van der Waals surface area contributed by atoms with Crippen molar-refractivity contribution in [3.63, 3.8) is 0 Å². The Labute approximate surface area is 170 Å². The minimum absolute atomic E-state index is 0.286. The summed E-state index contributed by atoms with van der Waals surface area (Å²) in [6.07, 6.45) is 9.86. The summed E-state index contributed by atoms with van der Waals surface area (Å²) in [7, 11) is 1.99. The van der Waals surface area contributed by atoms with Gasteiger partial charge in [0, 0.05) is 50.8 Å². The summed E-state index contributed by atoms with van der Waals surface area (Å²) in [5, 5.41) is 14.4. The molecular weight excluding hydrogens is 372 g/mol. The van der Waals surface area contributed by atoms with Crippen molar-refractivity contribution in [2.45, 2.75) is 70.1 Å². The zero-order chi connectivity index (χ0) is 19.7. The van der Waals surface area contributed by atoms with Crippen molar-refractivity contribution in [3.8, 4) is 11.5 Å². The van der Waals surface area contributed by atoms with Crippen LogP contribution in [0.5, 0.6) is 0 Å². The molecule has 7 nitrogen and oxygen atoms in total. The van der Waals surface area contributed by atoms with E-state index in [1.54, 1.807) is 11.8 Å². The van der Waals surface area contributed by atoms with E-state index >= 15 is 0 Å². The molecule has 0 radical (unpaired) electrons. The third-order valence-corrected chi connectivity index (χ3v) is 6.93. The van der Waals surface area contributed by atoms with E-state index in [2.05, 4.69) is 21.7 Å². The Morgan fingerprint density at radius 3 is 2.75 bits per heavy atom. The average Bonchev–Trinajstić information content (AvgIpc) is 3.44. The third kappa shape index (κ3) is 3.58. The molecule has 1 aliphatic heterocycles. The number of amides is 1. The molecule has 1 amide bonds. The predicted octanol–water partition coefficient (Wildman–Crippen LogP) is 3.28. The van der Waals surface area contributed by atoms with Crippen LogP contribution in [0.25, 0.3) is 11.5 Å². The van der Waals surface area contributed by atoms with Gasteiger partial charge in [-0.15, -0.1) is 10.2 Å². The predicted molar refractivity (Wildman–Crippen MR) is 110 cm³/mol. The number of hydrogen-bond donors (Lipinski definition) is 0. The fourth-order valence-electron chi connectivity index (χ4n) is 4.67. The van der Waals surface area contributed by atoms with Crippen molar-refractivity contribution in [2.75, 3.05) is 12.8 Å². The highest BCUT2D eigenvalue weighted by Gasteiger charge is 2.30. The van der Waals surface area contributed by atoms with Crippen LogP contribution in [0.3, 0.4) is 0 Å². The summed E-state index contributed by atoms with van der Waals surface area (Å²) in [4.78, 5) is 14.9. The van der Waals surface area contributed by atoms with E-state index in [1.807, 2.05) is 22.9 Å². The van der Waals surface area contributed by atoms with Gasteiger partial charge in [-0.3, -0.25) is 9.48 Å². The smallest absolute Gasteiger partial charge is 0.222 e. The van der Waals surface area contributed by atoms with Crippen LogP contribution >= 0.6 is 11.8 Å². The Morgan fingerprint density at radius 2 is 2.04 bits per heavy atom. The minimum atomic E-state index is 0.286. The topological polar surface area (TPSA) is 68.8 Å². The number of aromatic nitrogens is 5. The molecule has 2 aromatic rings. The number of rotatable bonds is 6. The lowest BCUT2D eigenvalue weighted by Gasteiger charge is -2.28. The number of nitrogens with zero attached hydrogens (tertiary/aromatic N) is 6. The molecule has 0 aromatic carbocycles. The molecule has 1 saturated carbocycles. The quantitative estimate of drug-likeness (QED) is 0.694. The first-order valence-electron chi connectivity index (χ1n) is 10.4. The second-order valence-corrected chi connectivity index (χ2v) is 8.68. The summed E-state index contributed by atoms with van der Waals surface area (Å²) < 4.78 is 4.06. The highest BCUT2D eigenvalue weighted by molar-refractivity contribution is 7.98. The molecule has 0 unspecified atom stereocenters. The van der Waals surface area contributed by atoms with Gasteiger partial charge in [-0.1, -0.05) is 37.4 Å². The minimum Gasteiger partial charge on any atom is -0.338 e. The number of thioether (sulfide) groups is 1. The summed E-state index contributed by atoms with van der Waals surface area (Å²) >= 11 is 1.59. The third-order valence-electron chi connectivity index (χ3n) is 6.26. The van der Waals surface area contributed by atoms with Crippen molar-refractivity contribution >= 4 is 17.7 Å². The standard InChI is InChI=1S/C20H30N6OS/c1-4-26-19(21-22-20(26)28-3)18-15-13-25(12-11-16(15)24(2)23-18)17(27)10-9-14-7-5-6-8-14/h14H,4-13H2,1-3H3. The summed E-state index contributed by atoms with van der Waals surface area (Å²) in [6, 6.07) is 0. The van der Waals surface area contributed by atoms with Crippen LogP contribution in [0.2, 0.25) is 0 Å². The fourth-order valence-corrected chi connectivity index (χ4v) is 5.23. The van der Waals surface area contributed by atoms with Crippen LogP contribution in [0, 0.1) is 5.92 Å². The number of fused-ring (bicyclic) bond motifs is 1.